The fourth-order valence-electron chi connectivity index (χ4n) is 4.30. The average molecular weight is 476 g/mol. The van der Waals surface area contributed by atoms with Crippen LogP contribution in [-0.2, 0) is 27.2 Å². The van der Waals surface area contributed by atoms with Crippen LogP contribution < -0.4 is 39.2 Å². The Morgan fingerprint density at radius 2 is 1.79 bits per heavy atom. The lowest BCUT2D eigenvalue weighted by Gasteiger charge is -2.14. The third kappa shape index (κ3) is 5.28. The van der Waals surface area contributed by atoms with Crippen LogP contribution in [-0.4, -0.2) is 44.4 Å². The highest BCUT2D eigenvalue weighted by molar-refractivity contribution is 5.89. The predicted octanol–water partition coefficient (Wildman–Crippen LogP) is -3.17. The zero-order chi connectivity index (χ0) is 22.7. The molecule has 0 bridgehead atoms. The monoisotopic (exact) mass is 475 g/mol. The third-order valence-corrected chi connectivity index (χ3v) is 6.09. The van der Waals surface area contributed by atoms with Gasteiger partial charge in [0.15, 0.2) is 11.2 Å². The number of nitrogens with zero attached hydrogens (tertiary/aromatic N) is 4. The molecule has 11 heteroatoms. The molecule has 0 atom stereocenters. The van der Waals surface area contributed by atoms with Crippen molar-refractivity contribution in [3.05, 3.63) is 56.7 Å². The number of hydrogen-bond acceptors (Lipinski definition) is 4. The number of nitrogens with one attached hydrogen (secondary N) is 3. The lowest BCUT2D eigenvalue weighted by atomic mass is 10.2. The highest BCUT2D eigenvalue weighted by Crippen LogP contribution is 2.16. The average Bonchev–Trinajstić information content (AvgIpc) is 3.44. The Morgan fingerprint density at radius 1 is 1.09 bits per heavy atom. The molecule has 2 amide bonds. The molecule has 0 aliphatic carbocycles. The summed E-state index contributed by atoms with van der Waals surface area (Å²) >= 11 is 0. The van der Waals surface area contributed by atoms with E-state index in [2.05, 4.69) is 15.6 Å². The van der Waals surface area contributed by atoms with E-state index in [-0.39, 0.29) is 24.0 Å². The minimum absolute atomic E-state index is 0. The van der Waals surface area contributed by atoms with Crippen LogP contribution in [0.5, 0.6) is 0 Å². The summed E-state index contributed by atoms with van der Waals surface area (Å²) in [5.41, 5.74) is 0.700. The number of halogens is 1. The molecule has 0 radical (unpaired) electrons. The number of carbonyl (C=O) groups excluding carboxylic acids is 1. The quantitative estimate of drug-likeness (QED) is 0.335. The SMILES string of the molecule is Cn1c(=O)c2c(nc(NC(=O)NCc3ccccc3)n2CCC[NH+]2CCCC2)n(C)c1=O.[Cl-]. The zero-order valence-electron chi connectivity index (χ0n) is 18.9. The minimum Gasteiger partial charge on any atom is -1.00 e. The molecule has 0 spiro atoms. The van der Waals surface area contributed by atoms with Gasteiger partial charge >= 0.3 is 11.7 Å². The normalized spacial score (nSPS) is 13.8. The van der Waals surface area contributed by atoms with Gasteiger partial charge in [0.1, 0.15) is 0 Å². The van der Waals surface area contributed by atoms with Crippen molar-refractivity contribution in [1.82, 2.24) is 24.0 Å². The smallest absolute Gasteiger partial charge is 0.332 e. The van der Waals surface area contributed by atoms with E-state index in [1.165, 1.54) is 37.5 Å². The van der Waals surface area contributed by atoms with Gasteiger partial charge in [-0.15, -0.1) is 0 Å². The van der Waals surface area contributed by atoms with Gasteiger partial charge in [0.2, 0.25) is 5.95 Å². The predicted molar refractivity (Wildman–Crippen MR) is 122 cm³/mol. The molecule has 3 N–H and O–H groups in total. The van der Waals surface area contributed by atoms with Gasteiger partial charge in [-0.25, -0.2) is 9.59 Å². The van der Waals surface area contributed by atoms with E-state index in [1.54, 1.807) is 16.5 Å². The molecule has 3 aromatic rings. The molecule has 0 saturated carbocycles. The van der Waals surface area contributed by atoms with Crippen molar-refractivity contribution >= 4 is 23.1 Å². The first-order valence-electron chi connectivity index (χ1n) is 11.0. The number of rotatable bonds is 7. The van der Waals surface area contributed by atoms with Crippen LogP contribution in [0.15, 0.2) is 39.9 Å². The van der Waals surface area contributed by atoms with Crippen LogP contribution in [0.4, 0.5) is 10.7 Å². The van der Waals surface area contributed by atoms with Crippen LogP contribution in [0.25, 0.3) is 11.2 Å². The maximum Gasteiger partial charge on any atom is 0.332 e. The molecule has 1 aliphatic rings. The number of aromatic nitrogens is 4. The van der Waals surface area contributed by atoms with Crippen molar-refractivity contribution in [3.8, 4) is 0 Å². The first kappa shape index (κ1) is 24.5. The molecular weight excluding hydrogens is 446 g/mol. The third-order valence-electron chi connectivity index (χ3n) is 6.09. The van der Waals surface area contributed by atoms with Crippen molar-refractivity contribution in [3.63, 3.8) is 0 Å². The van der Waals surface area contributed by atoms with E-state index in [0.717, 1.165) is 23.1 Å². The largest absolute Gasteiger partial charge is 1.00 e. The van der Waals surface area contributed by atoms with Crippen molar-refractivity contribution in [2.24, 2.45) is 14.1 Å². The molecule has 178 valence electrons. The molecule has 10 nitrogen and oxygen atoms in total. The second-order valence-corrected chi connectivity index (χ2v) is 8.32. The molecule has 1 fully saturated rings. The van der Waals surface area contributed by atoms with Gasteiger partial charge in [-0.2, -0.15) is 4.98 Å². The Morgan fingerprint density at radius 3 is 2.48 bits per heavy atom. The number of fused-ring (bicyclic) bond motifs is 1. The Balaban J connectivity index is 0.00000306. The van der Waals surface area contributed by atoms with Crippen LogP contribution in [0.1, 0.15) is 24.8 Å². The van der Waals surface area contributed by atoms with Crippen LogP contribution in [0, 0.1) is 0 Å². The van der Waals surface area contributed by atoms with Crippen molar-refractivity contribution in [1.29, 1.82) is 0 Å². The number of likely N-dealkylation sites (tertiary alicyclic amines) is 1. The molecule has 33 heavy (non-hydrogen) atoms. The van der Waals surface area contributed by atoms with E-state index in [4.69, 9.17) is 0 Å². The number of hydrogen-bond donors (Lipinski definition) is 3. The molecule has 4 rings (SSSR count). The van der Waals surface area contributed by atoms with E-state index >= 15 is 0 Å². The summed E-state index contributed by atoms with van der Waals surface area (Å²) < 4.78 is 4.15. The van der Waals surface area contributed by atoms with E-state index in [1.807, 2.05) is 30.3 Å². The molecular formula is C22H30ClN7O3. The number of urea groups is 1. The second kappa shape index (κ2) is 10.7. The topological polar surface area (TPSA) is 107 Å². The van der Waals surface area contributed by atoms with Crippen molar-refractivity contribution in [2.75, 3.05) is 25.0 Å². The van der Waals surface area contributed by atoms with Gasteiger partial charge < -0.3 is 27.2 Å². The fraction of sp³-hybridized carbons (Fsp3) is 0.455. The summed E-state index contributed by atoms with van der Waals surface area (Å²) in [5, 5.41) is 5.59. The molecule has 3 heterocycles. The summed E-state index contributed by atoms with van der Waals surface area (Å²) in [7, 11) is 3.03. The van der Waals surface area contributed by atoms with Gasteiger partial charge in [-0.1, -0.05) is 30.3 Å². The maximum atomic E-state index is 12.9. The summed E-state index contributed by atoms with van der Waals surface area (Å²) in [6.45, 7) is 4.24. The Bertz CT molecular complexity index is 1230. The number of quaternary nitrogens is 1. The lowest BCUT2D eigenvalue weighted by Crippen LogP contribution is -3.10. The maximum absolute atomic E-state index is 12.9. The van der Waals surface area contributed by atoms with Gasteiger partial charge in [0.05, 0.1) is 19.6 Å². The Labute approximate surface area is 197 Å². The second-order valence-electron chi connectivity index (χ2n) is 8.32. The number of imidazole rings is 1. The minimum atomic E-state index is -0.450. The molecule has 1 saturated heterocycles. The summed E-state index contributed by atoms with van der Waals surface area (Å²) in [5.74, 6) is 0.264. The number of aryl methyl sites for hydroxylation is 2. The summed E-state index contributed by atoms with van der Waals surface area (Å²) in [6.07, 6.45) is 3.34. The molecule has 2 aromatic heterocycles. The first-order valence-corrected chi connectivity index (χ1v) is 11.0. The number of amides is 2. The highest BCUT2D eigenvalue weighted by Gasteiger charge is 2.21. The zero-order valence-corrected chi connectivity index (χ0v) is 19.7. The number of benzene rings is 1. The van der Waals surface area contributed by atoms with Crippen LogP contribution >= 0.6 is 0 Å². The van der Waals surface area contributed by atoms with E-state index in [9.17, 15) is 14.4 Å². The highest BCUT2D eigenvalue weighted by atomic mass is 35.5. The molecule has 1 aromatic carbocycles. The van der Waals surface area contributed by atoms with Crippen LogP contribution in [0.2, 0.25) is 0 Å². The summed E-state index contributed by atoms with van der Waals surface area (Å²) in [4.78, 5) is 43.9. The Hall–Kier alpha value is -3.11. The van der Waals surface area contributed by atoms with Gasteiger partial charge in [-0.3, -0.25) is 19.2 Å². The lowest BCUT2D eigenvalue weighted by molar-refractivity contribution is -0.887. The van der Waals surface area contributed by atoms with Gasteiger partial charge in [0, 0.05) is 46.4 Å². The van der Waals surface area contributed by atoms with E-state index in [0.29, 0.717) is 18.6 Å². The van der Waals surface area contributed by atoms with Gasteiger partial charge in [0.25, 0.3) is 5.56 Å². The standard InChI is InChI=1S/C22H29N7O3.ClH/c1-26-18-17(19(30)27(2)22(26)32)29(14-8-13-28-11-6-7-12-28)20(24-18)25-21(31)23-15-16-9-4-3-5-10-16;/h3-5,9-10H,6-8,11-15H2,1-2H3,(H2,23,24,25,31);1H. The van der Waals surface area contributed by atoms with Crippen molar-refractivity contribution in [2.45, 2.75) is 32.4 Å². The Kier molecular flexibility index (Phi) is 7.93. The van der Waals surface area contributed by atoms with Gasteiger partial charge in [-0.05, 0) is 5.56 Å². The van der Waals surface area contributed by atoms with E-state index < -0.39 is 17.3 Å². The van der Waals surface area contributed by atoms with Crippen molar-refractivity contribution < 1.29 is 22.1 Å². The molecule has 1 aliphatic heterocycles. The fourth-order valence-corrected chi connectivity index (χ4v) is 4.30. The number of anilines is 1. The number of carbonyl (C=O) groups is 1. The molecule has 0 unspecified atom stereocenters. The first-order chi connectivity index (χ1) is 15.5. The summed E-state index contributed by atoms with van der Waals surface area (Å²) in [6, 6.07) is 9.17. The van der Waals surface area contributed by atoms with Crippen LogP contribution in [0.3, 0.4) is 0 Å².